The Morgan fingerprint density at radius 3 is 1.50 bits per heavy atom. The summed E-state index contributed by atoms with van der Waals surface area (Å²) in [7, 11) is 0. The number of ether oxygens (including phenoxy) is 2. The first kappa shape index (κ1) is 22.6. The van der Waals surface area contributed by atoms with Crippen LogP contribution >= 0.6 is 31.9 Å². The second-order valence-electron chi connectivity index (χ2n) is 6.05. The highest BCUT2D eigenvalue weighted by atomic mass is 79.9. The molecule has 0 amide bonds. The maximum absolute atomic E-state index is 5.85. The minimum atomic E-state index is 0.694. The lowest BCUT2D eigenvalue weighted by Gasteiger charge is -2.08. The van der Waals surface area contributed by atoms with Crippen LogP contribution < -0.4 is 9.47 Å². The molecule has 0 saturated heterocycles. The molecule has 28 heavy (non-hydrogen) atoms. The van der Waals surface area contributed by atoms with E-state index in [9.17, 15) is 0 Å². The van der Waals surface area contributed by atoms with E-state index in [2.05, 4.69) is 42.1 Å². The summed E-state index contributed by atoms with van der Waals surface area (Å²) < 4.78 is 11.7. The molecular formula is C22H26Br2N2O2. The van der Waals surface area contributed by atoms with Gasteiger partial charge in [0.25, 0.3) is 0 Å². The molecule has 0 atom stereocenters. The Morgan fingerprint density at radius 2 is 1.07 bits per heavy atom. The van der Waals surface area contributed by atoms with Crippen LogP contribution in [0.25, 0.3) is 0 Å². The second-order valence-corrected chi connectivity index (χ2v) is 7.64. The van der Waals surface area contributed by atoms with Crippen molar-refractivity contribution in [2.45, 2.75) is 25.7 Å². The number of para-hydroxylation sites is 2. The lowest BCUT2D eigenvalue weighted by atomic mass is 10.2. The van der Waals surface area contributed by atoms with Crippen molar-refractivity contribution < 1.29 is 9.47 Å². The van der Waals surface area contributed by atoms with Crippen LogP contribution in [0, 0.1) is 0 Å². The normalized spacial score (nSPS) is 11.4. The number of halogens is 2. The zero-order chi connectivity index (χ0) is 19.9. The van der Waals surface area contributed by atoms with Crippen molar-refractivity contribution in [1.82, 2.24) is 0 Å². The molecule has 6 heteroatoms. The Kier molecular flexibility index (Phi) is 11.6. The van der Waals surface area contributed by atoms with E-state index < -0.39 is 0 Å². The summed E-state index contributed by atoms with van der Waals surface area (Å²) in [5, 5.41) is 10.4. The van der Waals surface area contributed by atoms with Gasteiger partial charge in [-0.25, -0.2) is 0 Å². The van der Waals surface area contributed by atoms with E-state index in [0.717, 1.165) is 59.0 Å². The molecule has 2 aromatic rings. The predicted octanol–water partition coefficient (Wildman–Crippen LogP) is 6.25. The van der Waals surface area contributed by atoms with Crippen molar-refractivity contribution in [2.75, 3.05) is 23.9 Å². The third kappa shape index (κ3) is 8.57. The zero-order valence-corrected chi connectivity index (χ0v) is 19.1. The quantitative estimate of drug-likeness (QED) is 0.139. The highest BCUT2D eigenvalue weighted by Gasteiger charge is 2.01. The molecule has 0 spiro atoms. The van der Waals surface area contributed by atoms with Crippen LogP contribution in [0.3, 0.4) is 0 Å². The fourth-order valence-electron chi connectivity index (χ4n) is 2.39. The Balaban J connectivity index is 1.95. The van der Waals surface area contributed by atoms with Gasteiger partial charge in [0.15, 0.2) is 0 Å². The number of nitrogens with zero attached hydrogens (tertiary/aromatic N) is 2. The van der Waals surface area contributed by atoms with Gasteiger partial charge in [-0.1, -0.05) is 56.1 Å². The number of unbranched alkanes of at least 4 members (excludes halogenated alkanes) is 2. The average Bonchev–Trinajstić information content (AvgIpc) is 2.73. The number of benzene rings is 2. The van der Waals surface area contributed by atoms with Crippen LogP contribution in [0.1, 0.15) is 36.8 Å². The van der Waals surface area contributed by atoms with Gasteiger partial charge < -0.3 is 9.47 Å². The van der Waals surface area contributed by atoms with E-state index in [1.165, 1.54) is 0 Å². The monoisotopic (exact) mass is 508 g/mol. The van der Waals surface area contributed by atoms with Crippen molar-refractivity contribution in [3.8, 4) is 11.5 Å². The average molecular weight is 510 g/mol. The van der Waals surface area contributed by atoms with E-state index in [0.29, 0.717) is 13.2 Å². The molecule has 0 aliphatic carbocycles. The third-order valence-electron chi connectivity index (χ3n) is 3.87. The lowest BCUT2D eigenvalue weighted by Crippen LogP contribution is -2.00. The van der Waals surface area contributed by atoms with E-state index >= 15 is 0 Å². The number of rotatable bonds is 13. The zero-order valence-electron chi connectivity index (χ0n) is 15.9. The molecule has 0 bridgehead atoms. The highest BCUT2D eigenvalue weighted by Crippen LogP contribution is 2.18. The molecule has 2 aromatic carbocycles. The standard InChI is InChI=1S/C22H26Br2N2O2/c23-13-5-7-15-27-21-11-3-1-9-19(21)17-25-26-18-20-10-2-4-12-22(20)28-16-8-6-14-24/h1-4,9-12,17-18H,5-8,13-16H2/b25-17+,26-18+. The van der Waals surface area contributed by atoms with Crippen LogP contribution in [0.5, 0.6) is 11.5 Å². The van der Waals surface area contributed by atoms with Crippen LogP contribution in [0.4, 0.5) is 0 Å². The Morgan fingerprint density at radius 1 is 0.643 bits per heavy atom. The summed E-state index contributed by atoms with van der Waals surface area (Å²) in [5.41, 5.74) is 1.83. The summed E-state index contributed by atoms with van der Waals surface area (Å²) in [6.45, 7) is 1.39. The second kappa shape index (κ2) is 14.4. The van der Waals surface area contributed by atoms with Crippen molar-refractivity contribution >= 4 is 44.3 Å². The van der Waals surface area contributed by atoms with Gasteiger partial charge in [0.05, 0.1) is 25.6 Å². The van der Waals surface area contributed by atoms with E-state index in [1.54, 1.807) is 12.4 Å². The van der Waals surface area contributed by atoms with Crippen LogP contribution in [0.15, 0.2) is 58.7 Å². The molecule has 0 radical (unpaired) electrons. The molecule has 4 nitrogen and oxygen atoms in total. The van der Waals surface area contributed by atoms with Crippen LogP contribution in [-0.4, -0.2) is 36.3 Å². The van der Waals surface area contributed by atoms with Crippen molar-refractivity contribution in [3.63, 3.8) is 0 Å². The smallest absolute Gasteiger partial charge is 0.128 e. The first-order chi connectivity index (χ1) is 13.8. The van der Waals surface area contributed by atoms with Gasteiger partial charge in [-0.05, 0) is 49.9 Å². The fourth-order valence-corrected chi connectivity index (χ4v) is 3.18. The number of hydrogen-bond acceptors (Lipinski definition) is 4. The summed E-state index contributed by atoms with van der Waals surface area (Å²) in [5.74, 6) is 1.65. The molecule has 2 rings (SSSR count). The maximum atomic E-state index is 5.85. The van der Waals surface area contributed by atoms with Crippen LogP contribution in [0.2, 0.25) is 0 Å². The number of hydrogen-bond donors (Lipinski definition) is 0. The van der Waals surface area contributed by atoms with Crippen molar-refractivity contribution in [1.29, 1.82) is 0 Å². The van der Waals surface area contributed by atoms with Gasteiger partial charge in [0, 0.05) is 21.8 Å². The molecule has 0 unspecified atom stereocenters. The van der Waals surface area contributed by atoms with Gasteiger partial charge in [-0.15, -0.1) is 0 Å². The Hall–Kier alpha value is -1.66. The van der Waals surface area contributed by atoms with E-state index in [-0.39, 0.29) is 0 Å². The number of alkyl halides is 2. The molecule has 0 heterocycles. The predicted molar refractivity (Wildman–Crippen MR) is 125 cm³/mol. The highest BCUT2D eigenvalue weighted by molar-refractivity contribution is 9.09. The third-order valence-corrected chi connectivity index (χ3v) is 4.99. The van der Waals surface area contributed by atoms with Gasteiger partial charge in [-0.3, -0.25) is 0 Å². The minimum Gasteiger partial charge on any atom is -0.493 e. The molecule has 0 saturated carbocycles. The molecule has 0 aliphatic rings. The summed E-state index contributed by atoms with van der Waals surface area (Å²) in [4.78, 5) is 0. The molecular weight excluding hydrogens is 484 g/mol. The summed E-state index contributed by atoms with van der Waals surface area (Å²) in [6.07, 6.45) is 7.66. The van der Waals surface area contributed by atoms with Gasteiger partial charge in [0.2, 0.25) is 0 Å². The van der Waals surface area contributed by atoms with Crippen LogP contribution in [-0.2, 0) is 0 Å². The molecule has 0 aromatic heterocycles. The topological polar surface area (TPSA) is 43.2 Å². The first-order valence-corrected chi connectivity index (χ1v) is 11.7. The van der Waals surface area contributed by atoms with Gasteiger partial charge in [0.1, 0.15) is 11.5 Å². The lowest BCUT2D eigenvalue weighted by molar-refractivity contribution is 0.309. The SMILES string of the molecule is BrCCCCOc1ccccc1/C=N/N=C/c1ccccc1OCCCCBr. The summed E-state index contributed by atoms with van der Waals surface area (Å²) in [6, 6.07) is 15.7. The first-order valence-electron chi connectivity index (χ1n) is 9.47. The molecule has 0 fully saturated rings. The Bertz CT molecular complexity index is 687. The fraction of sp³-hybridized carbons (Fsp3) is 0.364. The molecule has 0 aliphatic heterocycles. The molecule has 0 N–H and O–H groups in total. The molecule has 150 valence electrons. The van der Waals surface area contributed by atoms with Gasteiger partial charge >= 0.3 is 0 Å². The van der Waals surface area contributed by atoms with E-state index in [4.69, 9.17) is 9.47 Å². The van der Waals surface area contributed by atoms with Gasteiger partial charge in [-0.2, -0.15) is 10.2 Å². The minimum absolute atomic E-state index is 0.694. The maximum Gasteiger partial charge on any atom is 0.128 e. The van der Waals surface area contributed by atoms with Crippen molar-refractivity contribution in [2.24, 2.45) is 10.2 Å². The Labute approximate surface area is 184 Å². The summed E-state index contributed by atoms with van der Waals surface area (Å²) >= 11 is 6.87. The van der Waals surface area contributed by atoms with Crippen molar-refractivity contribution in [3.05, 3.63) is 59.7 Å². The largest absolute Gasteiger partial charge is 0.493 e. The van der Waals surface area contributed by atoms with E-state index in [1.807, 2.05) is 48.5 Å².